The van der Waals surface area contributed by atoms with E-state index >= 15 is 0 Å². The molecule has 1 aliphatic carbocycles. The smallest absolute Gasteiger partial charge is 0.348 e. The van der Waals surface area contributed by atoms with Gasteiger partial charge in [0.05, 0.1) is 27.9 Å². The summed E-state index contributed by atoms with van der Waals surface area (Å²) >= 11 is 0. The molecule has 0 amide bonds. The quantitative estimate of drug-likeness (QED) is 0.611. The van der Waals surface area contributed by atoms with Gasteiger partial charge in [-0.1, -0.05) is 36.8 Å². The fourth-order valence-electron chi connectivity index (χ4n) is 5.57. The summed E-state index contributed by atoms with van der Waals surface area (Å²) in [5.41, 5.74) is -0.675. The Labute approximate surface area is 193 Å². The summed E-state index contributed by atoms with van der Waals surface area (Å²) in [5.74, 6) is 1.15. The lowest BCUT2D eigenvalue weighted by atomic mass is 9.62. The SMILES string of the molecule is COc1cc(C2=N[C@](c3ccccc3)([C@@]3(C)CC4(CCC4)CO3)C(=O)O2)cc(OC)c1OC. The molecule has 1 saturated carbocycles. The van der Waals surface area contributed by atoms with E-state index in [1.165, 1.54) is 6.42 Å². The Kier molecular flexibility index (Phi) is 5.12. The van der Waals surface area contributed by atoms with Gasteiger partial charge in [-0.3, -0.25) is 0 Å². The van der Waals surface area contributed by atoms with Crippen molar-refractivity contribution in [3.05, 3.63) is 53.6 Å². The summed E-state index contributed by atoms with van der Waals surface area (Å²) in [6, 6.07) is 13.1. The molecule has 0 radical (unpaired) electrons. The van der Waals surface area contributed by atoms with Crippen molar-refractivity contribution in [1.82, 2.24) is 0 Å². The van der Waals surface area contributed by atoms with Gasteiger partial charge in [0.15, 0.2) is 11.5 Å². The number of methoxy groups -OCH3 is 3. The van der Waals surface area contributed by atoms with Crippen molar-refractivity contribution in [2.45, 2.75) is 43.7 Å². The first-order chi connectivity index (χ1) is 15.9. The second-order valence-electron chi connectivity index (χ2n) is 9.35. The Morgan fingerprint density at radius 1 is 0.970 bits per heavy atom. The highest BCUT2D eigenvalue weighted by Crippen LogP contribution is 2.59. The van der Waals surface area contributed by atoms with Crippen molar-refractivity contribution < 1.29 is 28.5 Å². The molecule has 2 aliphatic heterocycles. The topological polar surface area (TPSA) is 75.6 Å². The second kappa shape index (κ2) is 7.76. The molecule has 7 nitrogen and oxygen atoms in total. The average Bonchev–Trinajstić information content (AvgIpc) is 3.38. The van der Waals surface area contributed by atoms with E-state index in [2.05, 4.69) is 0 Å². The maximum absolute atomic E-state index is 13.7. The van der Waals surface area contributed by atoms with E-state index in [0.717, 1.165) is 24.8 Å². The summed E-state index contributed by atoms with van der Waals surface area (Å²) in [6.07, 6.45) is 4.19. The van der Waals surface area contributed by atoms with Crippen molar-refractivity contribution >= 4 is 11.9 Å². The molecular formula is C26H29NO6. The highest BCUT2D eigenvalue weighted by atomic mass is 16.6. The molecule has 2 aromatic carbocycles. The average molecular weight is 452 g/mol. The first kappa shape index (κ1) is 21.8. The molecule has 2 heterocycles. The Hall–Kier alpha value is -3.06. The number of nitrogens with zero attached hydrogens (tertiary/aromatic N) is 1. The molecular weight excluding hydrogens is 422 g/mol. The van der Waals surface area contributed by atoms with Crippen molar-refractivity contribution in [3.63, 3.8) is 0 Å². The molecule has 174 valence electrons. The molecule has 0 bridgehead atoms. The van der Waals surface area contributed by atoms with E-state index in [-0.39, 0.29) is 11.3 Å². The summed E-state index contributed by atoms with van der Waals surface area (Å²) in [5, 5.41) is 0. The van der Waals surface area contributed by atoms with Crippen LogP contribution >= 0.6 is 0 Å². The van der Waals surface area contributed by atoms with Gasteiger partial charge in [-0.15, -0.1) is 0 Å². The van der Waals surface area contributed by atoms with Crippen LogP contribution in [0.4, 0.5) is 0 Å². The van der Waals surface area contributed by atoms with Crippen LogP contribution in [0.5, 0.6) is 17.2 Å². The Balaban J connectivity index is 1.66. The number of ether oxygens (including phenoxy) is 5. The predicted molar refractivity (Wildman–Crippen MR) is 122 cm³/mol. The lowest BCUT2D eigenvalue weighted by molar-refractivity contribution is -0.150. The number of benzene rings is 2. The Morgan fingerprint density at radius 3 is 2.15 bits per heavy atom. The number of carbonyl (C=O) groups excluding carboxylic acids is 1. The van der Waals surface area contributed by atoms with Gasteiger partial charge in [-0.25, -0.2) is 9.79 Å². The molecule has 2 aromatic rings. The van der Waals surface area contributed by atoms with Crippen LogP contribution in [0.3, 0.4) is 0 Å². The van der Waals surface area contributed by atoms with E-state index < -0.39 is 17.1 Å². The molecule has 33 heavy (non-hydrogen) atoms. The number of aliphatic imine (C=N–C) groups is 1. The summed E-state index contributed by atoms with van der Waals surface area (Å²) in [6.45, 7) is 2.64. The highest BCUT2D eigenvalue weighted by molar-refractivity contribution is 6.09. The maximum atomic E-state index is 13.7. The standard InChI is InChI=1S/C26H29NO6/c1-24(15-25(16-32-24)11-8-12-25)26(18-9-6-5-7-10-18)23(28)33-22(27-26)17-13-19(29-2)21(31-4)20(14-17)30-3/h5-7,9-10,13-14H,8,11-12,15-16H2,1-4H3/t24-,26+/m1/s1. The lowest BCUT2D eigenvalue weighted by Crippen LogP contribution is -2.52. The molecule has 1 saturated heterocycles. The van der Waals surface area contributed by atoms with Crippen LogP contribution < -0.4 is 14.2 Å². The number of rotatable bonds is 6. The van der Waals surface area contributed by atoms with Crippen LogP contribution in [0.2, 0.25) is 0 Å². The molecule has 1 spiro atoms. The zero-order chi connectivity index (χ0) is 23.3. The fourth-order valence-corrected chi connectivity index (χ4v) is 5.57. The van der Waals surface area contributed by atoms with Crippen LogP contribution in [0.15, 0.2) is 47.5 Å². The first-order valence-electron chi connectivity index (χ1n) is 11.2. The van der Waals surface area contributed by atoms with Gasteiger partial charge in [0.25, 0.3) is 0 Å². The first-order valence-corrected chi connectivity index (χ1v) is 11.2. The van der Waals surface area contributed by atoms with E-state index in [0.29, 0.717) is 29.4 Å². The van der Waals surface area contributed by atoms with Gasteiger partial charge in [0.1, 0.15) is 5.60 Å². The monoisotopic (exact) mass is 451 g/mol. The minimum Gasteiger partial charge on any atom is -0.493 e. The van der Waals surface area contributed by atoms with E-state index in [1.54, 1.807) is 33.5 Å². The molecule has 2 atom stereocenters. The van der Waals surface area contributed by atoms with E-state index in [1.807, 2.05) is 37.3 Å². The molecule has 0 unspecified atom stereocenters. The van der Waals surface area contributed by atoms with Crippen LogP contribution in [0.1, 0.15) is 43.7 Å². The molecule has 3 aliphatic rings. The van der Waals surface area contributed by atoms with Crippen LogP contribution in [0, 0.1) is 5.41 Å². The highest BCUT2D eigenvalue weighted by Gasteiger charge is 2.66. The molecule has 7 heteroatoms. The maximum Gasteiger partial charge on any atom is 0.348 e. The minimum absolute atomic E-state index is 0.127. The van der Waals surface area contributed by atoms with Crippen molar-refractivity contribution in [2.24, 2.45) is 10.4 Å². The third kappa shape index (κ3) is 3.13. The van der Waals surface area contributed by atoms with Gasteiger partial charge in [-0.2, -0.15) is 0 Å². The molecule has 5 rings (SSSR count). The summed E-state index contributed by atoms with van der Waals surface area (Å²) < 4.78 is 28.7. The van der Waals surface area contributed by atoms with Gasteiger partial charge in [0, 0.05) is 5.56 Å². The third-order valence-corrected chi connectivity index (χ3v) is 7.45. The number of esters is 1. The van der Waals surface area contributed by atoms with Crippen molar-refractivity contribution in [1.29, 1.82) is 0 Å². The van der Waals surface area contributed by atoms with Crippen molar-refractivity contribution in [2.75, 3.05) is 27.9 Å². The van der Waals surface area contributed by atoms with Crippen molar-refractivity contribution in [3.8, 4) is 17.2 Å². The molecule has 2 fully saturated rings. The fraction of sp³-hybridized carbons (Fsp3) is 0.462. The van der Waals surface area contributed by atoms with E-state index in [9.17, 15) is 4.79 Å². The van der Waals surface area contributed by atoms with Gasteiger partial charge in [-0.05, 0) is 49.3 Å². The Morgan fingerprint density at radius 2 is 1.64 bits per heavy atom. The second-order valence-corrected chi connectivity index (χ2v) is 9.35. The molecule has 0 N–H and O–H groups in total. The van der Waals surface area contributed by atoms with Gasteiger partial charge in [0.2, 0.25) is 17.2 Å². The number of hydrogen-bond acceptors (Lipinski definition) is 7. The minimum atomic E-state index is -1.30. The number of hydrogen-bond donors (Lipinski definition) is 0. The van der Waals surface area contributed by atoms with Crippen LogP contribution in [-0.4, -0.2) is 45.4 Å². The largest absolute Gasteiger partial charge is 0.493 e. The van der Waals surface area contributed by atoms with Crippen LogP contribution in [0.25, 0.3) is 0 Å². The zero-order valence-corrected chi connectivity index (χ0v) is 19.5. The third-order valence-electron chi connectivity index (χ3n) is 7.45. The summed E-state index contributed by atoms with van der Waals surface area (Å²) in [4.78, 5) is 18.7. The van der Waals surface area contributed by atoms with Crippen LogP contribution in [-0.2, 0) is 19.8 Å². The predicted octanol–water partition coefficient (Wildman–Crippen LogP) is 4.26. The van der Waals surface area contributed by atoms with Gasteiger partial charge >= 0.3 is 5.97 Å². The Bertz CT molecular complexity index is 1080. The lowest BCUT2D eigenvalue weighted by Gasteiger charge is -2.41. The van der Waals surface area contributed by atoms with Gasteiger partial charge < -0.3 is 23.7 Å². The zero-order valence-electron chi connectivity index (χ0n) is 19.5. The number of cyclic esters (lactones) is 1. The molecule has 0 aromatic heterocycles. The number of carbonyl (C=O) groups is 1. The van der Waals surface area contributed by atoms with E-state index in [4.69, 9.17) is 28.7 Å². The summed E-state index contributed by atoms with van der Waals surface area (Å²) in [7, 11) is 4.63. The normalized spacial score (nSPS) is 27.6.